The minimum atomic E-state index is -0.308. The van der Waals surface area contributed by atoms with Crippen LogP contribution >= 0.6 is 0 Å². The molecule has 118 valence electrons. The molecule has 3 heteroatoms. The third kappa shape index (κ3) is 3.50. The molecule has 0 aliphatic heterocycles. The van der Waals surface area contributed by atoms with E-state index in [-0.39, 0.29) is 17.1 Å². The van der Waals surface area contributed by atoms with Crippen LogP contribution in [-0.4, -0.2) is 12.5 Å². The molecule has 0 saturated heterocycles. The largest absolute Gasteiger partial charge is 0.352 e. The number of halogens is 1. The Morgan fingerprint density at radius 3 is 2.43 bits per heavy atom. The highest BCUT2D eigenvalue weighted by Gasteiger charge is 2.44. The lowest BCUT2D eigenvalue weighted by atomic mass is 9.96. The molecule has 0 spiro atoms. The Morgan fingerprint density at radius 1 is 1.13 bits per heavy atom. The van der Waals surface area contributed by atoms with Gasteiger partial charge in [0.1, 0.15) is 5.82 Å². The van der Waals surface area contributed by atoms with Gasteiger partial charge in [-0.2, -0.15) is 0 Å². The van der Waals surface area contributed by atoms with Crippen molar-refractivity contribution < 1.29 is 9.18 Å². The van der Waals surface area contributed by atoms with Crippen molar-refractivity contribution in [2.75, 3.05) is 6.54 Å². The van der Waals surface area contributed by atoms with Gasteiger partial charge in [0.05, 0.1) is 0 Å². The molecular weight excluding hydrogens is 289 g/mol. The summed E-state index contributed by atoms with van der Waals surface area (Å²) in [6.45, 7) is 2.37. The minimum Gasteiger partial charge on any atom is -0.352 e. The Morgan fingerprint density at radius 2 is 1.78 bits per heavy atom. The summed E-state index contributed by atoms with van der Waals surface area (Å²) in [6.07, 6.45) is 3.65. The number of amides is 1. The van der Waals surface area contributed by atoms with E-state index in [1.54, 1.807) is 25.1 Å². The highest BCUT2D eigenvalue weighted by Crippen LogP contribution is 2.47. The second-order valence-corrected chi connectivity index (χ2v) is 6.17. The summed E-state index contributed by atoms with van der Waals surface area (Å²) in [5, 5.41) is 2.97. The molecule has 2 aromatic rings. The number of hydrogen-bond donors (Lipinski definition) is 1. The number of rotatable bonds is 5. The molecule has 0 atom stereocenters. The van der Waals surface area contributed by atoms with Gasteiger partial charge in [0.15, 0.2) is 0 Å². The summed E-state index contributed by atoms with van der Waals surface area (Å²) >= 11 is 0. The van der Waals surface area contributed by atoms with E-state index < -0.39 is 0 Å². The zero-order chi connectivity index (χ0) is 16.3. The van der Waals surface area contributed by atoms with Crippen LogP contribution in [0.5, 0.6) is 0 Å². The Bertz CT molecular complexity index is 732. The third-order valence-electron chi connectivity index (χ3n) is 4.49. The summed E-state index contributed by atoms with van der Waals surface area (Å²) in [5.41, 5.74) is 2.45. The number of nitrogens with one attached hydrogen (secondary N) is 1. The van der Waals surface area contributed by atoms with Gasteiger partial charge in [0.2, 0.25) is 5.91 Å². The number of allylic oxidation sites excluding steroid dienone is 1. The Hall–Kier alpha value is -2.42. The van der Waals surface area contributed by atoms with Crippen molar-refractivity contribution in [3.8, 4) is 0 Å². The second kappa shape index (κ2) is 6.37. The van der Waals surface area contributed by atoms with Crippen molar-refractivity contribution in [2.45, 2.75) is 25.2 Å². The van der Waals surface area contributed by atoms with E-state index >= 15 is 0 Å². The van der Waals surface area contributed by atoms with E-state index in [0.29, 0.717) is 17.7 Å². The standard InChI is InChI=1S/C20H20FNO/c1-15(17-9-5-6-10-18(17)21)13-19(23)22-14-20(11-12-20)16-7-3-2-4-8-16/h2-10,13H,11-12,14H2,1H3,(H,22,23)/b15-13+. The fourth-order valence-electron chi connectivity index (χ4n) is 2.87. The van der Waals surface area contributed by atoms with Gasteiger partial charge in [0.25, 0.3) is 0 Å². The van der Waals surface area contributed by atoms with Gasteiger partial charge in [-0.3, -0.25) is 4.79 Å². The van der Waals surface area contributed by atoms with E-state index in [4.69, 9.17) is 0 Å². The lowest BCUT2D eigenvalue weighted by Crippen LogP contribution is -2.31. The highest BCUT2D eigenvalue weighted by atomic mass is 19.1. The Balaban J connectivity index is 1.64. The summed E-state index contributed by atoms with van der Waals surface area (Å²) < 4.78 is 13.7. The van der Waals surface area contributed by atoms with E-state index in [1.807, 2.05) is 18.2 Å². The molecule has 1 amide bonds. The first-order chi connectivity index (χ1) is 11.1. The van der Waals surface area contributed by atoms with Gasteiger partial charge in [0, 0.05) is 23.6 Å². The van der Waals surface area contributed by atoms with Gasteiger partial charge in [-0.1, -0.05) is 48.5 Å². The van der Waals surface area contributed by atoms with Crippen LogP contribution in [0.3, 0.4) is 0 Å². The fourth-order valence-corrected chi connectivity index (χ4v) is 2.87. The highest BCUT2D eigenvalue weighted by molar-refractivity contribution is 5.94. The Kier molecular flexibility index (Phi) is 4.28. The summed E-state index contributed by atoms with van der Waals surface area (Å²) in [6, 6.07) is 16.8. The van der Waals surface area contributed by atoms with Crippen LogP contribution in [0.15, 0.2) is 60.7 Å². The van der Waals surface area contributed by atoms with Crippen LogP contribution in [0.2, 0.25) is 0 Å². The summed E-state index contributed by atoms with van der Waals surface area (Å²) in [7, 11) is 0. The van der Waals surface area contributed by atoms with Crippen LogP contribution in [-0.2, 0) is 10.2 Å². The van der Waals surface area contributed by atoms with Crippen molar-refractivity contribution in [1.82, 2.24) is 5.32 Å². The first-order valence-corrected chi connectivity index (χ1v) is 7.87. The van der Waals surface area contributed by atoms with Crippen LogP contribution in [0.1, 0.15) is 30.9 Å². The molecule has 0 unspecified atom stereocenters. The fraction of sp³-hybridized carbons (Fsp3) is 0.250. The van der Waals surface area contributed by atoms with Gasteiger partial charge >= 0.3 is 0 Å². The molecular formula is C20H20FNO. The predicted octanol–water partition coefficient (Wildman–Crippen LogP) is 4.08. The second-order valence-electron chi connectivity index (χ2n) is 6.17. The van der Waals surface area contributed by atoms with Crippen LogP contribution in [0.25, 0.3) is 5.57 Å². The molecule has 1 aliphatic rings. The minimum absolute atomic E-state index is 0.0800. The number of benzene rings is 2. The van der Waals surface area contributed by atoms with Crippen molar-refractivity contribution >= 4 is 11.5 Å². The number of carbonyl (C=O) groups excluding carboxylic acids is 1. The van der Waals surface area contributed by atoms with Crippen molar-refractivity contribution in [3.63, 3.8) is 0 Å². The van der Waals surface area contributed by atoms with Gasteiger partial charge in [-0.25, -0.2) is 4.39 Å². The molecule has 23 heavy (non-hydrogen) atoms. The zero-order valence-corrected chi connectivity index (χ0v) is 13.2. The molecule has 0 aromatic heterocycles. The number of hydrogen-bond acceptors (Lipinski definition) is 1. The topological polar surface area (TPSA) is 29.1 Å². The molecule has 3 rings (SSSR count). The SMILES string of the molecule is C/C(=C\C(=O)NCC1(c2ccccc2)CC1)c1ccccc1F. The zero-order valence-electron chi connectivity index (χ0n) is 13.2. The average molecular weight is 309 g/mol. The van der Waals surface area contributed by atoms with E-state index in [1.165, 1.54) is 17.7 Å². The first-order valence-electron chi connectivity index (χ1n) is 7.87. The van der Waals surface area contributed by atoms with Gasteiger partial charge in [-0.05, 0) is 37.0 Å². The van der Waals surface area contributed by atoms with Crippen LogP contribution in [0.4, 0.5) is 4.39 Å². The molecule has 0 heterocycles. The van der Waals surface area contributed by atoms with E-state index in [0.717, 1.165) is 12.8 Å². The predicted molar refractivity (Wildman–Crippen MR) is 90.4 cm³/mol. The third-order valence-corrected chi connectivity index (χ3v) is 4.49. The monoisotopic (exact) mass is 309 g/mol. The first kappa shape index (κ1) is 15.5. The molecule has 2 aromatic carbocycles. The molecule has 1 N–H and O–H groups in total. The van der Waals surface area contributed by atoms with E-state index in [2.05, 4.69) is 17.4 Å². The van der Waals surface area contributed by atoms with Crippen molar-refractivity contribution in [3.05, 3.63) is 77.6 Å². The van der Waals surface area contributed by atoms with Crippen molar-refractivity contribution in [2.24, 2.45) is 0 Å². The lowest BCUT2D eigenvalue weighted by molar-refractivity contribution is -0.116. The van der Waals surface area contributed by atoms with Gasteiger partial charge < -0.3 is 5.32 Å². The van der Waals surface area contributed by atoms with Gasteiger partial charge in [-0.15, -0.1) is 0 Å². The van der Waals surface area contributed by atoms with Crippen LogP contribution < -0.4 is 5.32 Å². The maximum absolute atomic E-state index is 13.7. The molecule has 1 aliphatic carbocycles. The maximum atomic E-state index is 13.7. The lowest BCUT2D eigenvalue weighted by Gasteiger charge is -2.16. The Labute approximate surface area is 136 Å². The quantitative estimate of drug-likeness (QED) is 0.829. The molecule has 1 saturated carbocycles. The molecule has 1 fully saturated rings. The number of carbonyl (C=O) groups is 1. The van der Waals surface area contributed by atoms with Crippen molar-refractivity contribution in [1.29, 1.82) is 0 Å². The maximum Gasteiger partial charge on any atom is 0.244 e. The molecule has 0 bridgehead atoms. The smallest absolute Gasteiger partial charge is 0.244 e. The van der Waals surface area contributed by atoms with Crippen LogP contribution in [0, 0.1) is 5.82 Å². The summed E-state index contributed by atoms with van der Waals surface area (Å²) in [4.78, 5) is 12.1. The average Bonchev–Trinajstić information content (AvgIpc) is 3.35. The molecule has 2 nitrogen and oxygen atoms in total. The summed E-state index contributed by atoms with van der Waals surface area (Å²) in [5.74, 6) is -0.482. The molecule has 0 radical (unpaired) electrons. The van der Waals surface area contributed by atoms with E-state index in [9.17, 15) is 9.18 Å². The normalized spacial score (nSPS) is 16.0.